The smallest absolute Gasteiger partial charge is 0.407 e. The summed E-state index contributed by atoms with van der Waals surface area (Å²) in [6.07, 6.45) is 2.87. The van der Waals surface area contributed by atoms with Crippen LogP contribution in [0.5, 0.6) is 0 Å². The Kier molecular flexibility index (Phi) is 6.69. The van der Waals surface area contributed by atoms with E-state index in [2.05, 4.69) is 23.5 Å². The van der Waals surface area contributed by atoms with Crippen LogP contribution < -0.4 is 11.1 Å². The Labute approximate surface area is 210 Å². The monoisotopic (exact) mass is 493 g/mol. The Morgan fingerprint density at radius 3 is 2.58 bits per heavy atom. The maximum atomic E-state index is 14.0. The van der Waals surface area contributed by atoms with Crippen LogP contribution in [0.15, 0.2) is 42.5 Å². The zero-order chi connectivity index (χ0) is 25.3. The van der Waals surface area contributed by atoms with Gasteiger partial charge < -0.3 is 20.7 Å². The van der Waals surface area contributed by atoms with Crippen molar-refractivity contribution in [1.82, 2.24) is 10.2 Å². The van der Waals surface area contributed by atoms with Gasteiger partial charge in [0, 0.05) is 6.42 Å². The molecule has 2 aromatic rings. The van der Waals surface area contributed by atoms with E-state index < -0.39 is 29.8 Å². The molecule has 3 aliphatic rings. The third kappa shape index (κ3) is 4.81. The van der Waals surface area contributed by atoms with Gasteiger partial charge in [-0.15, -0.1) is 0 Å². The van der Waals surface area contributed by atoms with E-state index in [1.54, 1.807) is 0 Å². The van der Waals surface area contributed by atoms with Gasteiger partial charge in [0.15, 0.2) is 0 Å². The molecule has 1 heterocycles. The van der Waals surface area contributed by atoms with Crippen molar-refractivity contribution in [2.75, 3.05) is 6.54 Å². The van der Waals surface area contributed by atoms with Gasteiger partial charge in [0.1, 0.15) is 18.8 Å². The molecule has 2 fully saturated rings. The van der Waals surface area contributed by atoms with E-state index in [1.165, 1.54) is 27.2 Å². The van der Waals surface area contributed by atoms with Crippen molar-refractivity contribution in [3.63, 3.8) is 0 Å². The summed E-state index contributed by atoms with van der Waals surface area (Å²) in [5, 5.41) is 2.98. The third-order valence-electron chi connectivity index (χ3n) is 7.87. The zero-order valence-electron chi connectivity index (χ0n) is 20.3. The van der Waals surface area contributed by atoms with Crippen molar-refractivity contribution in [1.29, 1.82) is 0 Å². The van der Waals surface area contributed by atoms with Gasteiger partial charge >= 0.3 is 6.09 Å². The van der Waals surface area contributed by atoms with Crippen molar-refractivity contribution < 1.29 is 23.5 Å². The Morgan fingerprint density at radius 2 is 1.81 bits per heavy atom. The van der Waals surface area contributed by atoms with Gasteiger partial charge in [-0.1, -0.05) is 61.7 Å². The molecule has 7 nitrogen and oxygen atoms in total. The molecule has 3 N–H and O–H groups in total. The second-order valence-corrected chi connectivity index (χ2v) is 10.3. The van der Waals surface area contributed by atoms with E-state index in [1.807, 2.05) is 24.3 Å². The van der Waals surface area contributed by atoms with Crippen molar-refractivity contribution in [2.45, 2.75) is 75.7 Å². The van der Waals surface area contributed by atoms with Gasteiger partial charge in [0.05, 0.1) is 18.5 Å². The lowest BCUT2D eigenvalue weighted by Gasteiger charge is -2.38. The SMILES string of the molecule is NC(=O)[C@@H]1C[C@H](F)CN1C(=O)CC1(NC(=O)OCc2cccc3c2Cc2ccccc2-3)CCCCC1. The number of amides is 3. The van der Waals surface area contributed by atoms with Crippen LogP contribution in [0.2, 0.25) is 0 Å². The molecule has 1 aliphatic heterocycles. The summed E-state index contributed by atoms with van der Waals surface area (Å²) >= 11 is 0. The number of carbonyl (C=O) groups is 3. The minimum absolute atomic E-state index is 0.00531. The highest BCUT2D eigenvalue weighted by Crippen LogP contribution is 2.38. The first-order chi connectivity index (χ1) is 17.3. The molecule has 8 heteroatoms. The zero-order valence-corrected chi connectivity index (χ0v) is 20.3. The molecule has 3 amide bonds. The van der Waals surface area contributed by atoms with Crippen LogP contribution in [0.4, 0.5) is 9.18 Å². The standard InChI is InChI=1S/C28H32FN3O4/c29-20-14-24(26(30)34)32(16-20)25(33)15-28(11-4-1-5-12-28)31-27(35)36-17-19-8-6-10-22-21-9-3-2-7-18(21)13-23(19)22/h2-3,6-10,20,24H,1,4-5,11-17H2,(H2,30,34)(H,31,35)/t20-,24-/m0/s1. The maximum Gasteiger partial charge on any atom is 0.407 e. The van der Waals surface area contributed by atoms with Crippen molar-refractivity contribution in [3.05, 3.63) is 59.2 Å². The van der Waals surface area contributed by atoms with Gasteiger partial charge in [0.25, 0.3) is 0 Å². The molecular weight excluding hydrogens is 461 g/mol. The summed E-state index contributed by atoms with van der Waals surface area (Å²) < 4.78 is 19.6. The van der Waals surface area contributed by atoms with Crippen LogP contribution in [0.3, 0.4) is 0 Å². The summed E-state index contributed by atoms with van der Waals surface area (Å²) in [6, 6.07) is 13.4. The first-order valence-electron chi connectivity index (χ1n) is 12.7. The number of hydrogen-bond acceptors (Lipinski definition) is 4. The number of rotatable bonds is 6. The van der Waals surface area contributed by atoms with E-state index in [-0.39, 0.29) is 31.9 Å². The highest BCUT2D eigenvalue weighted by Gasteiger charge is 2.43. The van der Waals surface area contributed by atoms with E-state index in [9.17, 15) is 18.8 Å². The summed E-state index contributed by atoms with van der Waals surface area (Å²) in [7, 11) is 0. The molecule has 5 rings (SSSR count). The van der Waals surface area contributed by atoms with E-state index in [4.69, 9.17) is 10.5 Å². The van der Waals surface area contributed by atoms with Crippen molar-refractivity contribution in [2.24, 2.45) is 5.73 Å². The number of primary amides is 1. The van der Waals surface area contributed by atoms with Crippen molar-refractivity contribution in [3.8, 4) is 11.1 Å². The van der Waals surface area contributed by atoms with Gasteiger partial charge in [-0.3, -0.25) is 9.59 Å². The number of nitrogens with one attached hydrogen (secondary N) is 1. The quantitative estimate of drug-likeness (QED) is 0.542. The first kappa shape index (κ1) is 24.3. The molecular formula is C28H32FN3O4. The molecule has 0 radical (unpaired) electrons. The van der Waals surface area contributed by atoms with Gasteiger partial charge in [0.2, 0.25) is 11.8 Å². The average Bonchev–Trinajstić information content (AvgIpc) is 3.44. The molecule has 2 atom stereocenters. The molecule has 0 spiro atoms. The fourth-order valence-corrected chi connectivity index (χ4v) is 6.05. The molecule has 0 aromatic heterocycles. The lowest BCUT2D eigenvalue weighted by molar-refractivity contribution is -0.138. The van der Waals surface area contributed by atoms with Gasteiger partial charge in [-0.05, 0) is 47.1 Å². The normalized spacial score (nSPS) is 22.0. The second-order valence-electron chi connectivity index (χ2n) is 10.3. The molecule has 190 valence electrons. The predicted octanol–water partition coefficient (Wildman–Crippen LogP) is 4.00. The number of hydrogen-bond donors (Lipinski definition) is 2. The number of carbonyl (C=O) groups excluding carboxylic acids is 3. The molecule has 36 heavy (non-hydrogen) atoms. The van der Waals surface area contributed by atoms with Crippen LogP contribution in [-0.4, -0.2) is 47.1 Å². The molecule has 1 saturated carbocycles. The maximum absolute atomic E-state index is 14.0. The van der Waals surface area contributed by atoms with Crippen LogP contribution in [0, 0.1) is 0 Å². The Bertz CT molecular complexity index is 1180. The summed E-state index contributed by atoms with van der Waals surface area (Å²) in [6.45, 7) is -0.0130. The van der Waals surface area contributed by atoms with Crippen molar-refractivity contribution >= 4 is 17.9 Å². The van der Waals surface area contributed by atoms with E-state index in [0.29, 0.717) is 12.8 Å². The number of fused-ring (bicyclic) bond motifs is 3. The van der Waals surface area contributed by atoms with Crippen LogP contribution >= 0.6 is 0 Å². The average molecular weight is 494 g/mol. The van der Waals surface area contributed by atoms with Gasteiger partial charge in [-0.2, -0.15) is 0 Å². The minimum Gasteiger partial charge on any atom is -0.445 e. The lowest BCUT2D eigenvalue weighted by Crippen LogP contribution is -2.54. The fourth-order valence-electron chi connectivity index (χ4n) is 6.05. The third-order valence-corrected chi connectivity index (χ3v) is 7.87. The Hall–Kier alpha value is -3.42. The Morgan fingerprint density at radius 1 is 1.06 bits per heavy atom. The lowest BCUT2D eigenvalue weighted by atomic mass is 9.79. The molecule has 1 saturated heterocycles. The molecule has 2 aliphatic carbocycles. The Balaban J connectivity index is 1.25. The largest absolute Gasteiger partial charge is 0.445 e. The number of halogens is 1. The number of alkyl halides is 1. The highest BCUT2D eigenvalue weighted by atomic mass is 19.1. The predicted molar refractivity (Wildman–Crippen MR) is 133 cm³/mol. The first-order valence-corrected chi connectivity index (χ1v) is 12.7. The summed E-state index contributed by atoms with van der Waals surface area (Å²) in [4.78, 5) is 39.1. The number of benzene rings is 2. The number of nitrogens with zero attached hydrogens (tertiary/aromatic N) is 1. The number of likely N-dealkylation sites (tertiary alicyclic amines) is 1. The topological polar surface area (TPSA) is 102 Å². The van der Waals surface area contributed by atoms with E-state index in [0.717, 1.165) is 31.2 Å². The van der Waals surface area contributed by atoms with Gasteiger partial charge in [-0.25, -0.2) is 9.18 Å². The van der Waals surface area contributed by atoms with E-state index >= 15 is 0 Å². The summed E-state index contributed by atoms with van der Waals surface area (Å²) in [5.74, 6) is -1.06. The number of alkyl carbamates (subject to hydrolysis) is 1. The number of ether oxygens (including phenoxy) is 1. The van der Waals surface area contributed by atoms with Crippen LogP contribution in [0.1, 0.15) is 61.6 Å². The minimum atomic E-state index is -1.27. The second kappa shape index (κ2) is 9.91. The summed E-state index contributed by atoms with van der Waals surface area (Å²) in [5.41, 5.74) is 10.4. The molecule has 2 aromatic carbocycles. The molecule has 0 unspecified atom stereocenters. The van der Waals surface area contributed by atoms with Crippen LogP contribution in [0.25, 0.3) is 11.1 Å². The fraction of sp³-hybridized carbons (Fsp3) is 0.464. The highest BCUT2D eigenvalue weighted by molar-refractivity contribution is 5.88. The molecule has 0 bridgehead atoms. The number of nitrogens with two attached hydrogens (primary N) is 1. The van der Waals surface area contributed by atoms with Crippen LogP contribution in [-0.2, 0) is 27.4 Å².